The normalized spacial score (nSPS) is 10.5. The first-order valence-corrected chi connectivity index (χ1v) is 10.8. The number of aryl methyl sites for hydroxylation is 1. The minimum atomic E-state index is -0.390. The molecule has 0 atom stereocenters. The first kappa shape index (κ1) is 24.3. The first-order valence-electron chi connectivity index (χ1n) is 10.4. The van der Waals surface area contributed by atoms with E-state index in [-0.39, 0.29) is 23.6 Å². The van der Waals surface area contributed by atoms with Gasteiger partial charge >= 0.3 is 5.97 Å². The summed E-state index contributed by atoms with van der Waals surface area (Å²) in [5.74, 6) is 0.292. The summed E-state index contributed by atoms with van der Waals surface area (Å²) in [6.45, 7) is 8.55. The molecule has 6 nitrogen and oxygen atoms in total. The Balaban J connectivity index is 1.84. The van der Waals surface area contributed by atoms with Crippen molar-refractivity contribution in [2.45, 2.75) is 46.5 Å². The molecule has 2 aromatic carbocycles. The first-order chi connectivity index (χ1) is 14.8. The number of amides is 1. The van der Waals surface area contributed by atoms with Crippen LogP contribution >= 0.6 is 12.2 Å². The van der Waals surface area contributed by atoms with Crippen molar-refractivity contribution in [1.82, 2.24) is 5.32 Å². The zero-order valence-corrected chi connectivity index (χ0v) is 19.3. The van der Waals surface area contributed by atoms with Crippen molar-refractivity contribution in [2.75, 3.05) is 18.5 Å². The maximum absolute atomic E-state index is 12.2. The van der Waals surface area contributed by atoms with Gasteiger partial charge in [-0.1, -0.05) is 39.3 Å². The van der Waals surface area contributed by atoms with Crippen molar-refractivity contribution in [3.63, 3.8) is 0 Å². The van der Waals surface area contributed by atoms with Gasteiger partial charge in [0.2, 0.25) is 0 Å². The number of ether oxygens (including phenoxy) is 2. The lowest BCUT2D eigenvalue weighted by Crippen LogP contribution is -2.37. The number of unbranched alkanes of at least 4 members (excludes halogenated alkanes) is 1. The molecule has 7 heteroatoms. The van der Waals surface area contributed by atoms with E-state index in [1.165, 1.54) is 5.56 Å². The second kappa shape index (κ2) is 12.1. The summed E-state index contributed by atoms with van der Waals surface area (Å²) >= 11 is 5.19. The molecular weight excluding hydrogens is 412 g/mol. The molecule has 0 bridgehead atoms. The molecule has 0 aliphatic rings. The SMILES string of the molecule is CCCCOC(=O)c1cccc(NC(=S)NC(=O)COc2ccc(C(C)C)c(C)c2)c1. The highest BCUT2D eigenvalue weighted by Gasteiger charge is 2.11. The average Bonchev–Trinajstić information content (AvgIpc) is 2.72. The number of benzene rings is 2. The van der Waals surface area contributed by atoms with Crippen molar-refractivity contribution >= 4 is 34.9 Å². The van der Waals surface area contributed by atoms with Crippen molar-refractivity contribution in [3.8, 4) is 5.75 Å². The molecule has 0 fully saturated rings. The summed E-state index contributed by atoms with van der Waals surface area (Å²) in [5, 5.41) is 5.59. The molecule has 0 saturated heterocycles. The molecule has 0 saturated carbocycles. The van der Waals surface area contributed by atoms with Crippen LogP contribution in [-0.4, -0.2) is 30.2 Å². The van der Waals surface area contributed by atoms with Gasteiger partial charge in [0.1, 0.15) is 5.75 Å². The van der Waals surface area contributed by atoms with E-state index in [0.717, 1.165) is 18.4 Å². The van der Waals surface area contributed by atoms with Crippen LogP contribution in [-0.2, 0) is 9.53 Å². The molecule has 2 rings (SSSR count). The van der Waals surface area contributed by atoms with Crippen LogP contribution in [0.2, 0.25) is 0 Å². The lowest BCUT2D eigenvalue weighted by atomic mass is 9.98. The number of thiocarbonyl (C=S) groups is 1. The van der Waals surface area contributed by atoms with Gasteiger partial charge in [-0.25, -0.2) is 4.79 Å². The van der Waals surface area contributed by atoms with E-state index in [1.807, 2.05) is 32.0 Å². The Bertz CT molecular complexity index is 928. The maximum Gasteiger partial charge on any atom is 0.338 e. The van der Waals surface area contributed by atoms with E-state index < -0.39 is 0 Å². The molecule has 166 valence electrons. The van der Waals surface area contributed by atoms with Gasteiger partial charge in [-0.05, 0) is 72.9 Å². The van der Waals surface area contributed by atoms with Crippen molar-refractivity contribution in [2.24, 2.45) is 0 Å². The van der Waals surface area contributed by atoms with Gasteiger partial charge in [0.05, 0.1) is 12.2 Å². The summed E-state index contributed by atoms with van der Waals surface area (Å²) in [6.07, 6.45) is 1.78. The maximum atomic E-state index is 12.2. The van der Waals surface area contributed by atoms with E-state index in [9.17, 15) is 9.59 Å². The number of hydrogen-bond donors (Lipinski definition) is 2. The second-order valence-electron chi connectivity index (χ2n) is 7.53. The van der Waals surface area contributed by atoms with E-state index in [1.54, 1.807) is 24.3 Å². The lowest BCUT2D eigenvalue weighted by molar-refractivity contribution is -0.121. The van der Waals surface area contributed by atoms with Crippen LogP contribution in [0.4, 0.5) is 5.69 Å². The van der Waals surface area contributed by atoms with Crippen LogP contribution in [0.15, 0.2) is 42.5 Å². The van der Waals surface area contributed by atoms with Crippen LogP contribution in [0.5, 0.6) is 5.75 Å². The third-order valence-corrected chi connectivity index (χ3v) is 4.78. The summed E-state index contributed by atoms with van der Waals surface area (Å²) in [7, 11) is 0. The Hall–Kier alpha value is -2.93. The zero-order chi connectivity index (χ0) is 22.8. The molecule has 0 aliphatic carbocycles. The predicted molar refractivity (Wildman–Crippen MR) is 127 cm³/mol. The van der Waals surface area contributed by atoms with E-state index in [2.05, 4.69) is 24.5 Å². The number of hydrogen-bond acceptors (Lipinski definition) is 5. The highest BCUT2D eigenvalue weighted by atomic mass is 32.1. The standard InChI is InChI=1S/C24H30N2O4S/c1-5-6-12-29-23(28)18-8-7-9-19(14-18)25-24(31)26-22(27)15-30-20-10-11-21(16(2)3)17(4)13-20/h7-11,13-14,16H,5-6,12,15H2,1-4H3,(H2,25,26,27,31). The Morgan fingerprint density at radius 3 is 2.58 bits per heavy atom. The van der Waals surface area contributed by atoms with Crippen molar-refractivity contribution in [3.05, 3.63) is 59.2 Å². The molecule has 2 aromatic rings. The number of carbonyl (C=O) groups is 2. The van der Waals surface area contributed by atoms with Gasteiger partial charge in [0, 0.05) is 5.69 Å². The number of esters is 1. The van der Waals surface area contributed by atoms with Crippen LogP contribution in [0.3, 0.4) is 0 Å². The summed E-state index contributed by atoms with van der Waals surface area (Å²) in [6, 6.07) is 12.6. The third-order valence-electron chi connectivity index (χ3n) is 4.57. The number of carbonyl (C=O) groups excluding carboxylic acids is 2. The Morgan fingerprint density at radius 2 is 1.90 bits per heavy atom. The molecule has 2 N–H and O–H groups in total. The number of nitrogens with one attached hydrogen (secondary N) is 2. The zero-order valence-electron chi connectivity index (χ0n) is 18.5. The van der Waals surface area contributed by atoms with Crippen LogP contribution in [0.25, 0.3) is 0 Å². The van der Waals surface area contributed by atoms with Crippen molar-refractivity contribution < 1.29 is 19.1 Å². The van der Waals surface area contributed by atoms with Gasteiger partial charge < -0.3 is 14.8 Å². The van der Waals surface area contributed by atoms with Gasteiger partial charge in [-0.2, -0.15) is 0 Å². The van der Waals surface area contributed by atoms with Gasteiger partial charge in [0.15, 0.2) is 11.7 Å². The van der Waals surface area contributed by atoms with E-state index in [4.69, 9.17) is 21.7 Å². The topological polar surface area (TPSA) is 76.7 Å². The quantitative estimate of drug-likeness (QED) is 0.324. The molecule has 0 radical (unpaired) electrons. The molecule has 0 unspecified atom stereocenters. The monoisotopic (exact) mass is 442 g/mol. The van der Waals surface area contributed by atoms with Crippen LogP contribution in [0, 0.1) is 6.92 Å². The molecule has 0 aliphatic heterocycles. The lowest BCUT2D eigenvalue weighted by Gasteiger charge is -2.13. The van der Waals surface area contributed by atoms with E-state index >= 15 is 0 Å². The van der Waals surface area contributed by atoms with Gasteiger partial charge in [0.25, 0.3) is 5.91 Å². The number of rotatable bonds is 9. The minimum absolute atomic E-state index is 0.122. The van der Waals surface area contributed by atoms with Crippen molar-refractivity contribution in [1.29, 1.82) is 0 Å². The molecule has 0 aromatic heterocycles. The third kappa shape index (κ3) is 8.02. The minimum Gasteiger partial charge on any atom is -0.484 e. The highest BCUT2D eigenvalue weighted by Crippen LogP contribution is 2.23. The fourth-order valence-corrected chi connectivity index (χ4v) is 3.21. The van der Waals surface area contributed by atoms with Crippen LogP contribution < -0.4 is 15.4 Å². The predicted octanol–water partition coefficient (Wildman–Crippen LogP) is 4.97. The Morgan fingerprint density at radius 1 is 1.13 bits per heavy atom. The van der Waals surface area contributed by atoms with Gasteiger partial charge in [-0.15, -0.1) is 0 Å². The second-order valence-corrected chi connectivity index (χ2v) is 7.94. The largest absolute Gasteiger partial charge is 0.484 e. The molecule has 31 heavy (non-hydrogen) atoms. The fraction of sp³-hybridized carbons (Fsp3) is 0.375. The van der Waals surface area contributed by atoms with Gasteiger partial charge in [-0.3, -0.25) is 10.1 Å². The highest BCUT2D eigenvalue weighted by molar-refractivity contribution is 7.80. The average molecular weight is 443 g/mol. The molecule has 0 heterocycles. The van der Waals surface area contributed by atoms with E-state index in [0.29, 0.717) is 29.5 Å². The summed E-state index contributed by atoms with van der Waals surface area (Å²) in [4.78, 5) is 24.2. The number of anilines is 1. The Labute approximate surface area is 189 Å². The summed E-state index contributed by atoms with van der Waals surface area (Å²) < 4.78 is 10.8. The van der Waals surface area contributed by atoms with Crippen LogP contribution in [0.1, 0.15) is 61.0 Å². The fourth-order valence-electron chi connectivity index (χ4n) is 2.98. The molecule has 0 spiro atoms. The molecule has 1 amide bonds. The smallest absolute Gasteiger partial charge is 0.338 e. The summed E-state index contributed by atoms with van der Waals surface area (Å²) in [5.41, 5.74) is 3.37. The Kier molecular flexibility index (Phi) is 9.46. The molecular formula is C24H30N2O4S.